The van der Waals surface area contributed by atoms with E-state index in [0.717, 1.165) is 38.2 Å². The minimum absolute atomic E-state index is 0.758. The number of methoxy groups -OCH3 is 1. The summed E-state index contributed by atoms with van der Waals surface area (Å²) in [6.07, 6.45) is 2.02. The van der Waals surface area contributed by atoms with Crippen molar-refractivity contribution in [2.24, 2.45) is 0 Å². The van der Waals surface area contributed by atoms with Gasteiger partial charge in [0.1, 0.15) is 0 Å². The molecule has 1 aromatic carbocycles. The predicted octanol–water partition coefficient (Wildman–Crippen LogP) is 3.15. The van der Waals surface area contributed by atoms with Gasteiger partial charge in [0.25, 0.3) is 0 Å². The average molecular weight is 290 g/mol. The lowest BCUT2D eigenvalue weighted by Crippen LogP contribution is -2.21. The van der Waals surface area contributed by atoms with Gasteiger partial charge < -0.3 is 10.1 Å². The SMILES string of the molecule is CCc1nc(-c2ccccc2)c(CCNCCOC)s1. The van der Waals surface area contributed by atoms with Crippen molar-refractivity contribution in [3.05, 3.63) is 40.2 Å². The molecule has 1 heterocycles. The van der Waals surface area contributed by atoms with Crippen LogP contribution in [0.1, 0.15) is 16.8 Å². The maximum atomic E-state index is 5.04. The largest absolute Gasteiger partial charge is 0.383 e. The molecule has 4 heteroatoms. The Hall–Kier alpha value is -1.23. The highest BCUT2D eigenvalue weighted by molar-refractivity contribution is 7.12. The first-order valence-electron chi connectivity index (χ1n) is 7.08. The summed E-state index contributed by atoms with van der Waals surface area (Å²) >= 11 is 1.84. The molecule has 0 aliphatic heterocycles. The van der Waals surface area contributed by atoms with Crippen LogP contribution in [0.5, 0.6) is 0 Å². The Morgan fingerprint density at radius 2 is 2.00 bits per heavy atom. The summed E-state index contributed by atoms with van der Waals surface area (Å²) < 4.78 is 5.04. The molecule has 0 aliphatic rings. The molecule has 0 spiro atoms. The van der Waals surface area contributed by atoms with Crippen LogP contribution in [-0.4, -0.2) is 31.8 Å². The second-order valence-corrected chi connectivity index (χ2v) is 5.76. The van der Waals surface area contributed by atoms with Gasteiger partial charge in [-0.2, -0.15) is 0 Å². The number of ether oxygens (including phenoxy) is 1. The van der Waals surface area contributed by atoms with Gasteiger partial charge in [-0.1, -0.05) is 37.3 Å². The summed E-state index contributed by atoms with van der Waals surface area (Å²) in [4.78, 5) is 6.15. The lowest BCUT2D eigenvalue weighted by Gasteiger charge is -2.04. The number of rotatable bonds is 8. The topological polar surface area (TPSA) is 34.2 Å². The quantitative estimate of drug-likeness (QED) is 0.758. The lowest BCUT2D eigenvalue weighted by molar-refractivity contribution is 0.199. The van der Waals surface area contributed by atoms with Gasteiger partial charge in [-0.05, 0) is 12.8 Å². The van der Waals surface area contributed by atoms with Gasteiger partial charge in [-0.3, -0.25) is 0 Å². The van der Waals surface area contributed by atoms with E-state index in [1.54, 1.807) is 7.11 Å². The Labute approximate surface area is 125 Å². The highest BCUT2D eigenvalue weighted by atomic mass is 32.1. The third-order valence-corrected chi connectivity index (χ3v) is 4.36. The maximum absolute atomic E-state index is 5.04. The van der Waals surface area contributed by atoms with Gasteiger partial charge in [0.05, 0.1) is 17.3 Å². The van der Waals surface area contributed by atoms with Crippen molar-refractivity contribution in [2.45, 2.75) is 19.8 Å². The van der Waals surface area contributed by atoms with E-state index in [1.165, 1.54) is 15.4 Å². The molecule has 0 radical (unpaired) electrons. The molecule has 0 aliphatic carbocycles. The van der Waals surface area contributed by atoms with Crippen LogP contribution >= 0.6 is 11.3 Å². The Kier molecular flexibility index (Phi) is 6.18. The molecule has 0 unspecified atom stereocenters. The molecule has 0 saturated heterocycles. The number of thiazole rings is 1. The normalized spacial score (nSPS) is 10.9. The molecule has 1 N–H and O–H groups in total. The maximum Gasteiger partial charge on any atom is 0.0932 e. The number of nitrogens with zero attached hydrogens (tertiary/aromatic N) is 1. The van der Waals surface area contributed by atoms with E-state index in [0.29, 0.717) is 0 Å². The van der Waals surface area contributed by atoms with Crippen molar-refractivity contribution in [1.29, 1.82) is 0 Å². The zero-order chi connectivity index (χ0) is 14.2. The van der Waals surface area contributed by atoms with Crippen LogP contribution in [0.3, 0.4) is 0 Å². The van der Waals surface area contributed by atoms with Gasteiger partial charge >= 0.3 is 0 Å². The van der Waals surface area contributed by atoms with E-state index in [2.05, 4.69) is 36.5 Å². The van der Waals surface area contributed by atoms with Gasteiger partial charge in [0, 0.05) is 30.6 Å². The van der Waals surface area contributed by atoms with E-state index >= 15 is 0 Å². The van der Waals surface area contributed by atoms with Crippen LogP contribution in [0.2, 0.25) is 0 Å². The molecule has 0 amide bonds. The van der Waals surface area contributed by atoms with Crippen molar-refractivity contribution in [3.8, 4) is 11.3 Å². The second kappa shape index (κ2) is 8.15. The molecular weight excluding hydrogens is 268 g/mol. The fraction of sp³-hybridized carbons (Fsp3) is 0.438. The Morgan fingerprint density at radius 3 is 2.70 bits per heavy atom. The van der Waals surface area contributed by atoms with Crippen LogP contribution < -0.4 is 5.32 Å². The first kappa shape index (κ1) is 15.2. The van der Waals surface area contributed by atoms with Gasteiger partial charge in [0.2, 0.25) is 0 Å². The van der Waals surface area contributed by atoms with Gasteiger partial charge in [-0.25, -0.2) is 4.98 Å². The van der Waals surface area contributed by atoms with Crippen molar-refractivity contribution in [1.82, 2.24) is 10.3 Å². The summed E-state index contributed by atoms with van der Waals surface area (Å²) in [5, 5.41) is 4.61. The number of aromatic nitrogens is 1. The highest BCUT2D eigenvalue weighted by Crippen LogP contribution is 2.28. The summed E-state index contributed by atoms with van der Waals surface area (Å²) in [5.41, 5.74) is 2.37. The van der Waals surface area contributed by atoms with Crippen molar-refractivity contribution in [2.75, 3.05) is 26.8 Å². The Bertz CT molecular complexity index is 510. The number of hydrogen-bond donors (Lipinski definition) is 1. The van der Waals surface area contributed by atoms with E-state index in [1.807, 2.05) is 17.4 Å². The first-order valence-corrected chi connectivity index (χ1v) is 7.90. The molecule has 0 atom stereocenters. The van der Waals surface area contributed by atoms with E-state index < -0.39 is 0 Å². The van der Waals surface area contributed by atoms with E-state index in [-0.39, 0.29) is 0 Å². The fourth-order valence-electron chi connectivity index (χ4n) is 2.04. The number of nitrogens with one attached hydrogen (secondary N) is 1. The molecular formula is C16H22N2OS. The molecule has 3 nitrogen and oxygen atoms in total. The average Bonchev–Trinajstić information content (AvgIpc) is 2.91. The summed E-state index contributed by atoms with van der Waals surface area (Å²) in [6, 6.07) is 10.5. The number of benzene rings is 1. The minimum Gasteiger partial charge on any atom is -0.383 e. The molecule has 0 fully saturated rings. The zero-order valence-corrected chi connectivity index (χ0v) is 13.0. The summed E-state index contributed by atoms with van der Waals surface area (Å²) in [5.74, 6) is 0. The van der Waals surface area contributed by atoms with Crippen LogP contribution in [0.15, 0.2) is 30.3 Å². The van der Waals surface area contributed by atoms with Crippen LogP contribution in [0.25, 0.3) is 11.3 Å². The second-order valence-electron chi connectivity index (χ2n) is 4.59. The third kappa shape index (κ3) is 4.13. The standard InChI is InChI=1S/C16H22N2OS/c1-3-15-18-16(13-7-5-4-6-8-13)14(20-15)9-10-17-11-12-19-2/h4-8,17H,3,9-12H2,1-2H3. The summed E-state index contributed by atoms with van der Waals surface area (Å²) in [6.45, 7) is 4.79. The van der Waals surface area contributed by atoms with Gasteiger partial charge in [-0.15, -0.1) is 11.3 Å². The summed E-state index contributed by atoms with van der Waals surface area (Å²) in [7, 11) is 1.73. The molecule has 20 heavy (non-hydrogen) atoms. The molecule has 2 aromatic rings. The van der Waals surface area contributed by atoms with Crippen molar-refractivity contribution < 1.29 is 4.74 Å². The van der Waals surface area contributed by atoms with Crippen LogP contribution in [-0.2, 0) is 17.6 Å². The Morgan fingerprint density at radius 1 is 1.20 bits per heavy atom. The lowest BCUT2D eigenvalue weighted by atomic mass is 10.1. The third-order valence-electron chi connectivity index (χ3n) is 3.10. The van der Waals surface area contributed by atoms with Gasteiger partial charge in [0.15, 0.2) is 0 Å². The molecule has 2 rings (SSSR count). The van der Waals surface area contributed by atoms with Crippen LogP contribution in [0, 0.1) is 0 Å². The number of aryl methyl sites for hydroxylation is 1. The van der Waals surface area contributed by atoms with Crippen molar-refractivity contribution in [3.63, 3.8) is 0 Å². The van der Waals surface area contributed by atoms with Crippen molar-refractivity contribution >= 4 is 11.3 Å². The highest BCUT2D eigenvalue weighted by Gasteiger charge is 2.11. The Balaban J connectivity index is 2.05. The first-order chi connectivity index (χ1) is 9.85. The molecule has 0 bridgehead atoms. The monoisotopic (exact) mass is 290 g/mol. The molecule has 108 valence electrons. The fourth-order valence-corrected chi connectivity index (χ4v) is 3.07. The predicted molar refractivity (Wildman–Crippen MR) is 85.4 cm³/mol. The smallest absolute Gasteiger partial charge is 0.0932 e. The zero-order valence-electron chi connectivity index (χ0n) is 12.2. The van der Waals surface area contributed by atoms with E-state index in [4.69, 9.17) is 9.72 Å². The number of hydrogen-bond acceptors (Lipinski definition) is 4. The van der Waals surface area contributed by atoms with Crippen LogP contribution in [0.4, 0.5) is 0 Å². The minimum atomic E-state index is 0.758. The van der Waals surface area contributed by atoms with E-state index in [9.17, 15) is 0 Å². The molecule has 1 aromatic heterocycles. The molecule has 0 saturated carbocycles.